The fraction of sp³-hybridized carbons (Fsp3) is 1.00. The number of hydrogen-bond donors (Lipinski definition) is 0. The van der Waals surface area contributed by atoms with Crippen LogP contribution in [0.3, 0.4) is 0 Å². The van der Waals surface area contributed by atoms with E-state index in [1.165, 1.54) is 0 Å². The highest BCUT2D eigenvalue weighted by Crippen LogP contribution is 2.39. The SMILES string of the molecule is CCN(CCO[Si](C)(C)C(C)(C)C)C(C)(C)CCOC(C)(C)CCCC(C)(C)OCCC(C)(C)N(CCO[Si](C)(C)C(C)(C)C)CCO[Si](C)(C)C(C)(C)C. The number of hydrogen-bond acceptors (Lipinski definition) is 7. The van der Waals surface area contributed by atoms with E-state index in [-0.39, 0.29) is 37.4 Å². The fourth-order valence-corrected chi connectivity index (χ4v) is 9.15. The molecule has 0 N–H and O–H groups in total. The van der Waals surface area contributed by atoms with E-state index in [4.69, 9.17) is 22.8 Å². The van der Waals surface area contributed by atoms with Crippen LogP contribution in [-0.4, -0.2) is 116 Å². The highest BCUT2D eigenvalue weighted by Gasteiger charge is 2.40. The van der Waals surface area contributed by atoms with Crippen LogP contribution >= 0.6 is 0 Å². The first-order chi connectivity index (χ1) is 24.3. The molecule has 0 spiro atoms. The molecule has 0 aromatic heterocycles. The molecule has 0 aliphatic carbocycles. The lowest BCUT2D eigenvalue weighted by Crippen LogP contribution is -2.51. The van der Waals surface area contributed by atoms with Gasteiger partial charge in [-0.2, -0.15) is 0 Å². The zero-order chi connectivity index (χ0) is 43.6. The molecule has 332 valence electrons. The lowest BCUT2D eigenvalue weighted by atomic mass is 9.94. The van der Waals surface area contributed by atoms with Crippen molar-refractivity contribution in [3.05, 3.63) is 0 Å². The summed E-state index contributed by atoms with van der Waals surface area (Å²) in [5.41, 5.74) is -0.352. The van der Waals surface area contributed by atoms with Crippen LogP contribution in [0.2, 0.25) is 54.4 Å². The molecule has 0 unspecified atom stereocenters. The number of likely N-dealkylation sites (N-methyl/N-ethyl adjacent to an activating group) is 1. The van der Waals surface area contributed by atoms with Crippen LogP contribution in [0.25, 0.3) is 0 Å². The molecular formula is C45H100N2O5Si3. The van der Waals surface area contributed by atoms with E-state index in [1.807, 2.05) is 0 Å². The predicted octanol–water partition coefficient (Wildman–Crippen LogP) is 12.8. The molecule has 10 heteroatoms. The summed E-state index contributed by atoms with van der Waals surface area (Å²) in [4.78, 5) is 5.15. The maximum atomic E-state index is 6.66. The van der Waals surface area contributed by atoms with Crippen molar-refractivity contribution in [1.29, 1.82) is 0 Å². The Balaban J connectivity index is 5.15. The second kappa shape index (κ2) is 21.2. The van der Waals surface area contributed by atoms with Crippen molar-refractivity contribution in [3.8, 4) is 0 Å². The summed E-state index contributed by atoms with van der Waals surface area (Å²) in [5.74, 6) is 0. The van der Waals surface area contributed by atoms with Crippen molar-refractivity contribution in [2.24, 2.45) is 0 Å². The molecule has 0 atom stereocenters. The smallest absolute Gasteiger partial charge is 0.192 e. The quantitative estimate of drug-likeness (QED) is 0.0764. The molecule has 0 bridgehead atoms. The van der Waals surface area contributed by atoms with Crippen LogP contribution in [0, 0.1) is 0 Å². The normalized spacial score (nSPS) is 15.2. The zero-order valence-corrected chi connectivity index (χ0v) is 44.8. The van der Waals surface area contributed by atoms with E-state index in [0.29, 0.717) is 0 Å². The first-order valence-electron chi connectivity index (χ1n) is 22.0. The van der Waals surface area contributed by atoms with Gasteiger partial charge in [-0.1, -0.05) is 69.2 Å². The van der Waals surface area contributed by atoms with Gasteiger partial charge in [-0.3, -0.25) is 9.80 Å². The standard InChI is InChI=1S/C45H100N2O5Si3/c1-25-46(31-36-50-53(19,20)39(2,3)4)42(11,12)29-34-48-44(15,16)27-26-28-45(17,18)49-35-30-43(13,14)47(32-37-51-54(21,22)40(5,6)7)33-38-52-55(23,24)41(8,9)10/h25-38H2,1-24H3. The van der Waals surface area contributed by atoms with Gasteiger partial charge in [-0.05, 0) is 148 Å². The Kier molecular flexibility index (Phi) is 21.4. The van der Waals surface area contributed by atoms with Gasteiger partial charge in [0.25, 0.3) is 0 Å². The van der Waals surface area contributed by atoms with Crippen molar-refractivity contribution in [3.63, 3.8) is 0 Å². The Hall–Kier alpha value is 0.371. The average Bonchev–Trinajstić information content (AvgIpc) is 2.95. The topological polar surface area (TPSA) is 52.6 Å². The van der Waals surface area contributed by atoms with Crippen molar-refractivity contribution < 1.29 is 22.8 Å². The molecule has 55 heavy (non-hydrogen) atoms. The second-order valence-electron chi connectivity index (χ2n) is 23.6. The summed E-state index contributed by atoms with van der Waals surface area (Å²) in [6.07, 6.45) is 5.04. The monoisotopic (exact) mass is 833 g/mol. The van der Waals surface area contributed by atoms with E-state index in [0.717, 1.165) is 91.3 Å². The highest BCUT2D eigenvalue weighted by molar-refractivity contribution is 6.74. The molecule has 0 radical (unpaired) electrons. The molecule has 0 aromatic rings. The fourth-order valence-electron chi connectivity index (χ4n) is 6.04. The first-order valence-corrected chi connectivity index (χ1v) is 30.8. The van der Waals surface area contributed by atoms with Gasteiger partial charge in [0, 0.05) is 63.7 Å². The molecule has 0 aliphatic rings. The average molecular weight is 834 g/mol. The predicted molar refractivity (Wildman–Crippen MR) is 250 cm³/mol. The van der Waals surface area contributed by atoms with Gasteiger partial charge >= 0.3 is 0 Å². The Morgan fingerprint density at radius 1 is 0.382 bits per heavy atom. The third-order valence-corrected chi connectivity index (χ3v) is 27.6. The molecule has 7 nitrogen and oxygen atoms in total. The molecule has 0 saturated heterocycles. The summed E-state index contributed by atoms with van der Waals surface area (Å²) in [7, 11) is -5.38. The number of rotatable bonds is 27. The molecule has 0 aliphatic heterocycles. The van der Waals surface area contributed by atoms with Crippen molar-refractivity contribution in [1.82, 2.24) is 9.80 Å². The number of nitrogens with zero attached hydrogens (tertiary/aromatic N) is 2. The lowest BCUT2D eigenvalue weighted by Gasteiger charge is -2.42. The van der Waals surface area contributed by atoms with E-state index >= 15 is 0 Å². The van der Waals surface area contributed by atoms with E-state index in [9.17, 15) is 0 Å². The molecule has 0 saturated carbocycles. The third kappa shape index (κ3) is 20.0. The lowest BCUT2D eigenvalue weighted by molar-refractivity contribution is -0.0594. The Morgan fingerprint density at radius 2 is 0.655 bits per heavy atom. The van der Waals surface area contributed by atoms with Gasteiger partial charge in [0.2, 0.25) is 0 Å². The minimum atomic E-state index is -1.82. The van der Waals surface area contributed by atoms with Crippen LogP contribution in [0.1, 0.15) is 157 Å². The van der Waals surface area contributed by atoms with Crippen LogP contribution in [0.4, 0.5) is 0 Å². The molecule has 0 heterocycles. The van der Waals surface area contributed by atoms with Gasteiger partial charge in [0.1, 0.15) is 0 Å². The first kappa shape index (κ1) is 55.4. The molecule has 0 amide bonds. The Bertz CT molecular complexity index is 1050. The molecule has 0 rings (SSSR count). The van der Waals surface area contributed by atoms with Crippen LogP contribution in [-0.2, 0) is 22.8 Å². The Labute approximate surface area is 348 Å². The Morgan fingerprint density at radius 3 is 0.927 bits per heavy atom. The van der Waals surface area contributed by atoms with Crippen molar-refractivity contribution >= 4 is 25.0 Å². The summed E-state index contributed by atoms with van der Waals surface area (Å²) in [6, 6.07) is 0. The summed E-state index contributed by atoms with van der Waals surface area (Å²) in [5, 5.41) is 0.641. The van der Waals surface area contributed by atoms with Crippen LogP contribution in [0.15, 0.2) is 0 Å². The van der Waals surface area contributed by atoms with E-state index in [1.54, 1.807) is 0 Å². The molecule has 0 fully saturated rings. The van der Waals surface area contributed by atoms with E-state index < -0.39 is 25.0 Å². The van der Waals surface area contributed by atoms with Gasteiger partial charge in [0.05, 0.1) is 11.2 Å². The van der Waals surface area contributed by atoms with Gasteiger partial charge in [-0.25, -0.2) is 0 Å². The molecule has 0 aromatic carbocycles. The molecular weight excluding hydrogens is 733 g/mol. The highest BCUT2D eigenvalue weighted by atomic mass is 28.4. The summed E-state index contributed by atoms with van der Waals surface area (Å²) >= 11 is 0. The van der Waals surface area contributed by atoms with Crippen LogP contribution < -0.4 is 0 Å². The zero-order valence-electron chi connectivity index (χ0n) is 41.8. The van der Waals surface area contributed by atoms with Gasteiger partial charge < -0.3 is 22.8 Å². The maximum Gasteiger partial charge on any atom is 0.192 e. The summed E-state index contributed by atoms with van der Waals surface area (Å²) in [6.45, 7) is 63.2. The minimum absolute atomic E-state index is 0.0433. The van der Waals surface area contributed by atoms with E-state index in [2.05, 4.69) is 174 Å². The third-order valence-electron chi connectivity index (χ3n) is 14.0. The van der Waals surface area contributed by atoms with Gasteiger partial charge in [0.15, 0.2) is 25.0 Å². The van der Waals surface area contributed by atoms with Crippen LogP contribution in [0.5, 0.6) is 0 Å². The van der Waals surface area contributed by atoms with Crippen molar-refractivity contribution in [2.45, 2.75) is 233 Å². The second-order valence-corrected chi connectivity index (χ2v) is 38.0. The largest absolute Gasteiger partial charge is 0.416 e. The van der Waals surface area contributed by atoms with Crippen molar-refractivity contribution in [2.75, 3.05) is 59.2 Å². The van der Waals surface area contributed by atoms with Gasteiger partial charge in [-0.15, -0.1) is 0 Å². The maximum absolute atomic E-state index is 6.66. The minimum Gasteiger partial charge on any atom is -0.416 e. The summed E-state index contributed by atoms with van der Waals surface area (Å²) < 4.78 is 33.0. The number of ether oxygens (including phenoxy) is 2.